The van der Waals surface area contributed by atoms with E-state index in [1.54, 1.807) is 24.3 Å². The molecule has 0 saturated heterocycles. The van der Waals surface area contributed by atoms with Gasteiger partial charge >= 0.3 is 5.97 Å². The highest BCUT2D eigenvalue weighted by Gasteiger charge is 2.29. The number of methoxy groups -OCH3 is 1. The van der Waals surface area contributed by atoms with Gasteiger partial charge in [0.05, 0.1) is 36.1 Å². The zero-order valence-electron chi connectivity index (χ0n) is 20.0. The van der Waals surface area contributed by atoms with Crippen LogP contribution < -0.4 is 10.9 Å². The van der Waals surface area contributed by atoms with E-state index >= 15 is 0 Å². The number of hydrogen-bond donors (Lipinski definition) is 2. The minimum absolute atomic E-state index is 0.0326. The summed E-state index contributed by atoms with van der Waals surface area (Å²) in [6.07, 6.45) is 2.20. The Balaban J connectivity index is 1.77. The minimum atomic E-state index is -1.03. The second kappa shape index (κ2) is 9.31. The first-order chi connectivity index (χ1) is 17.8. The van der Waals surface area contributed by atoms with Gasteiger partial charge in [0.1, 0.15) is 28.9 Å². The van der Waals surface area contributed by atoms with E-state index in [1.165, 1.54) is 43.9 Å². The normalized spacial score (nSPS) is 12.1. The van der Waals surface area contributed by atoms with Gasteiger partial charge in [0.2, 0.25) is 5.43 Å². The number of rotatable bonds is 5. The lowest BCUT2D eigenvalue weighted by molar-refractivity contribution is -0.140. The van der Waals surface area contributed by atoms with E-state index in [1.807, 2.05) is 13.0 Å². The third kappa shape index (κ3) is 4.23. The van der Waals surface area contributed by atoms with Crippen LogP contribution in [0.25, 0.3) is 33.1 Å². The molecule has 0 aliphatic carbocycles. The van der Waals surface area contributed by atoms with Crippen molar-refractivity contribution in [3.63, 3.8) is 0 Å². The lowest BCUT2D eigenvalue weighted by atomic mass is 9.86. The molecule has 1 atom stereocenters. The van der Waals surface area contributed by atoms with Gasteiger partial charge in [-0.25, -0.2) is 0 Å². The average molecular weight is 498 g/mol. The lowest BCUT2D eigenvalue weighted by Crippen LogP contribution is -2.19. The third-order valence-electron chi connectivity index (χ3n) is 6.41. The standard InChI is InChI=1S/C29H22O8/c1-15-3-10-24-20(11-15)28(34)22(14-36-24)19(12-25(32)35-2)26-23(31)9-8-18-27(33)21(13-37-29(18)26)16-4-6-17(30)7-5-16/h3-11,13-14,19,30-31H,12H2,1-2H3/t19-/m1/s1. The molecule has 0 spiro atoms. The average Bonchev–Trinajstić information content (AvgIpc) is 2.89. The Morgan fingerprint density at radius 3 is 2.41 bits per heavy atom. The van der Waals surface area contributed by atoms with Crippen molar-refractivity contribution in [2.24, 2.45) is 0 Å². The summed E-state index contributed by atoms with van der Waals surface area (Å²) < 4.78 is 16.5. The predicted molar refractivity (Wildman–Crippen MR) is 137 cm³/mol. The number of benzene rings is 3. The Kier molecular flexibility index (Phi) is 6.01. The molecule has 8 heteroatoms. The molecule has 0 fully saturated rings. The van der Waals surface area contributed by atoms with Crippen LogP contribution in [0.1, 0.15) is 29.0 Å². The van der Waals surface area contributed by atoms with E-state index < -0.39 is 11.9 Å². The van der Waals surface area contributed by atoms with Gasteiger partial charge in [0.15, 0.2) is 5.43 Å². The van der Waals surface area contributed by atoms with Gasteiger partial charge in [-0.15, -0.1) is 0 Å². The largest absolute Gasteiger partial charge is 0.508 e. The predicted octanol–water partition coefficient (Wildman–Crippen LogP) is 4.98. The van der Waals surface area contributed by atoms with Gasteiger partial charge in [0, 0.05) is 17.0 Å². The summed E-state index contributed by atoms with van der Waals surface area (Å²) in [5, 5.41) is 21.0. The van der Waals surface area contributed by atoms with Gasteiger partial charge in [-0.2, -0.15) is 0 Å². The number of esters is 1. The van der Waals surface area contributed by atoms with E-state index in [2.05, 4.69) is 0 Å². The lowest BCUT2D eigenvalue weighted by Gasteiger charge is -2.19. The summed E-state index contributed by atoms with van der Waals surface area (Å²) in [6, 6.07) is 14.0. The summed E-state index contributed by atoms with van der Waals surface area (Å²) in [5.41, 5.74) is 1.47. The van der Waals surface area contributed by atoms with Gasteiger partial charge < -0.3 is 23.8 Å². The van der Waals surface area contributed by atoms with Crippen LogP contribution in [0.5, 0.6) is 11.5 Å². The number of carbonyl (C=O) groups is 1. The van der Waals surface area contributed by atoms with E-state index in [0.717, 1.165) is 5.56 Å². The highest BCUT2D eigenvalue weighted by molar-refractivity contribution is 5.88. The molecule has 2 aromatic heterocycles. The first kappa shape index (κ1) is 23.9. The smallest absolute Gasteiger partial charge is 0.306 e. The van der Waals surface area contributed by atoms with E-state index in [4.69, 9.17) is 13.6 Å². The topological polar surface area (TPSA) is 127 Å². The summed E-state index contributed by atoms with van der Waals surface area (Å²) >= 11 is 0. The summed E-state index contributed by atoms with van der Waals surface area (Å²) in [7, 11) is 1.22. The Morgan fingerprint density at radius 2 is 1.68 bits per heavy atom. The molecular weight excluding hydrogens is 476 g/mol. The molecule has 8 nitrogen and oxygen atoms in total. The highest BCUT2D eigenvalue weighted by Crippen LogP contribution is 2.39. The second-order valence-electron chi connectivity index (χ2n) is 8.75. The van der Waals surface area contributed by atoms with Crippen LogP contribution in [0.2, 0.25) is 0 Å². The molecule has 5 rings (SSSR count). The zero-order chi connectivity index (χ0) is 26.3. The van der Waals surface area contributed by atoms with E-state index in [0.29, 0.717) is 16.5 Å². The summed E-state index contributed by atoms with van der Waals surface area (Å²) in [4.78, 5) is 39.4. The van der Waals surface area contributed by atoms with Crippen molar-refractivity contribution in [2.75, 3.05) is 7.11 Å². The fraction of sp³-hybridized carbons (Fsp3) is 0.138. The highest BCUT2D eigenvalue weighted by atomic mass is 16.5. The van der Waals surface area contributed by atoms with Crippen molar-refractivity contribution in [1.82, 2.24) is 0 Å². The van der Waals surface area contributed by atoms with Crippen LogP contribution in [-0.2, 0) is 9.53 Å². The van der Waals surface area contributed by atoms with E-state index in [-0.39, 0.29) is 56.4 Å². The molecular formula is C29H22O8. The number of aromatic hydroxyl groups is 2. The van der Waals surface area contributed by atoms with Gasteiger partial charge in [-0.05, 0) is 48.9 Å². The van der Waals surface area contributed by atoms with Crippen molar-refractivity contribution >= 4 is 27.9 Å². The minimum Gasteiger partial charge on any atom is -0.508 e. The van der Waals surface area contributed by atoms with Gasteiger partial charge in [0.25, 0.3) is 0 Å². The Bertz CT molecular complexity index is 1780. The van der Waals surface area contributed by atoms with Crippen LogP contribution >= 0.6 is 0 Å². The molecule has 5 aromatic rings. The van der Waals surface area contributed by atoms with Crippen LogP contribution in [0.15, 0.2) is 85.5 Å². The molecule has 186 valence electrons. The molecule has 3 aromatic carbocycles. The second-order valence-corrected chi connectivity index (χ2v) is 8.75. The molecule has 0 bridgehead atoms. The molecule has 37 heavy (non-hydrogen) atoms. The van der Waals surface area contributed by atoms with Crippen molar-refractivity contribution < 1.29 is 28.6 Å². The number of hydrogen-bond acceptors (Lipinski definition) is 8. The quantitative estimate of drug-likeness (QED) is 0.325. The number of aryl methyl sites for hydroxylation is 1. The molecule has 0 unspecified atom stereocenters. The van der Waals surface area contributed by atoms with Crippen LogP contribution in [0.3, 0.4) is 0 Å². The first-order valence-corrected chi connectivity index (χ1v) is 11.4. The number of carbonyl (C=O) groups excluding carboxylic acids is 1. The molecule has 2 N–H and O–H groups in total. The third-order valence-corrected chi connectivity index (χ3v) is 6.41. The van der Waals surface area contributed by atoms with Crippen molar-refractivity contribution in [2.45, 2.75) is 19.3 Å². The fourth-order valence-corrected chi connectivity index (χ4v) is 4.51. The van der Waals surface area contributed by atoms with Gasteiger partial charge in [-0.1, -0.05) is 23.8 Å². The van der Waals surface area contributed by atoms with Crippen LogP contribution in [0, 0.1) is 6.92 Å². The van der Waals surface area contributed by atoms with E-state index in [9.17, 15) is 24.6 Å². The zero-order valence-corrected chi connectivity index (χ0v) is 20.0. The number of ether oxygens (including phenoxy) is 1. The van der Waals surface area contributed by atoms with Gasteiger partial charge in [-0.3, -0.25) is 14.4 Å². The number of fused-ring (bicyclic) bond motifs is 2. The SMILES string of the molecule is COC(=O)C[C@H](c1coc2ccc(C)cc2c1=O)c1c(O)ccc2c(=O)c(-c3ccc(O)cc3)coc12. The van der Waals surface area contributed by atoms with Crippen molar-refractivity contribution in [1.29, 1.82) is 0 Å². The number of phenolic OH excluding ortho intramolecular Hbond substituents is 2. The Hall–Kier alpha value is -4.85. The first-order valence-electron chi connectivity index (χ1n) is 11.4. The van der Waals surface area contributed by atoms with Crippen molar-refractivity contribution in [3.05, 3.63) is 104 Å². The Morgan fingerprint density at radius 1 is 0.919 bits per heavy atom. The fourth-order valence-electron chi connectivity index (χ4n) is 4.51. The van der Waals surface area contributed by atoms with Crippen molar-refractivity contribution in [3.8, 4) is 22.6 Å². The summed E-state index contributed by atoms with van der Waals surface area (Å²) in [6.45, 7) is 1.84. The Labute approximate surface area is 210 Å². The van der Waals surface area contributed by atoms with Crippen LogP contribution in [0.4, 0.5) is 0 Å². The number of phenols is 2. The maximum absolute atomic E-state index is 13.5. The molecule has 0 aliphatic rings. The molecule has 0 amide bonds. The van der Waals surface area contributed by atoms with Crippen LogP contribution in [-0.4, -0.2) is 23.3 Å². The molecule has 0 aliphatic heterocycles. The molecule has 0 radical (unpaired) electrons. The summed E-state index contributed by atoms with van der Waals surface area (Å²) in [5.74, 6) is -1.87. The molecule has 2 heterocycles. The maximum Gasteiger partial charge on any atom is 0.306 e. The maximum atomic E-state index is 13.5. The molecule has 0 saturated carbocycles. The monoisotopic (exact) mass is 498 g/mol.